The van der Waals surface area contributed by atoms with E-state index in [2.05, 4.69) is 62.3 Å². The van der Waals surface area contributed by atoms with Gasteiger partial charge in [0.15, 0.2) is 0 Å². The third-order valence-electron chi connectivity index (χ3n) is 10.2. The fraction of sp³-hybridized carbons (Fsp3) is 1.00. The zero-order valence-corrected chi connectivity index (χ0v) is 35.1. The van der Waals surface area contributed by atoms with Crippen LogP contribution in [0.1, 0.15) is 178 Å². The van der Waals surface area contributed by atoms with E-state index in [1.165, 1.54) is 116 Å². The van der Waals surface area contributed by atoms with Crippen LogP contribution in [0.5, 0.6) is 0 Å². The van der Waals surface area contributed by atoms with E-state index in [1.807, 2.05) is 0 Å². The third kappa shape index (κ3) is 12.3. The molecule has 0 atom stereocenters. The molecule has 0 aromatic carbocycles. The van der Waals surface area contributed by atoms with E-state index in [1.54, 1.807) is 55.5 Å². The summed E-state index contributed by atoms with van der Waals surface area (Å²) in [7, 11) is 7.98. The summed E-state index contributed by atoms with van der Waals surface area (Å²) in [5.41, 5.74) is 0. The maximum absolute atomic E-state index is 9.52. The van der Waals surface area contributed by atoms with Gasteiger partial charge in [0.05, 0.1) is 0 Å². The van der Waals surface area contributed by atoms with E-state index in [0.717, 1.165) is 0 Å². The van der Waals surface area contributed by atoms with Crippen LogP contribution in [-0.4, -0.2) is 55.5 Å². The monoisotopic (exact) mass is 703 g/mol. The van der Waals surface area contributed by atoms with Crippen LogP contribution in [0.15, 0.2) is 0 Å². The molecule has 0 nitrogen and oxygen atoms in total. The Morgan fingerprint density at radius 2 is 0.415 bits per heavy atom. The Bertz CT molecular complexity index is 455. The van der Waals surface area contributed by atoms with Crippen molar-refractivity contribution in [2.24, 2.45) is 0 Å². The summed E-state index contributed by atoms with van der Waals surface area (Å²) in [5.74, 6) is -5.05. The molecule has 0 bridgehead atoms. The molecule has 0 heterocycles. The fourth-order valence-corrected chi connectivity index (χ4v) is 102. The molecule has 259 valence electrons. The van der Waals surface area contributed by atoms with Crippen molar-refractivity contribution in [2.75, 3.05) is 55.5 Å². The van der Waals surface area contributed by atoms with Crippen molar-refractivity contribution in [3.8, 4) is 0 Å². The van der Waals surface area contributed by atoms with Gasteiger partial charge in [0.25, 0.3) is 0 Å². The topological polar surface area (TPSA) is 0 Å². The molecule has 0 N–H and O–H groups in total. The molecule has 0 rings (SSSR count). The average Bonchev–Trinajstić information content (AvgIpc) is 3.00. The summed E-state index contributed by atoms with van der Waals surface area (Å²) in [4.78, 5) is 0. The Hall–Kier alpha value is 2.09. The Balaban J connectivity index is 8.13. The van der Waals surface area contributed by atoms with E-state index < -0.39 is 28.4 Å². The molecule has 0 radical (unpaired) electrons. The first-order valence-corrected chi connectivity index (χ1v) is 32.7. The number of hydrogen-bond donors (Lipinski definition) is 0. The van der Waals surface area contributed by atoms with Gasteiger partial charge in [-0.05, 0) is 0 Å². The normalized spacial score (nSPS) is 16.4. The van der Waals surface area contributed by atoms with Crippen LogP contribution < -0.4 is 0 Å². The fourth-order valence-electron chi connectivity index (χ4n) is 7.65. The van der Waals surface area contributed by atoms with Gasteiger partial charge >= 0.3 is 272 Å². The van der Waals surface area contributed by atoms with E-state index in [4.69, 9.17) is 0 Å². The van der Waals surface area contributed by atoms with Gasteiger partial charge in [0.1, 0.15) is 0 Å². The van der Waals surface area contributed by atoms with Crippen LogP contribution in [0.25, 0.3) is 0 Å². The average molecular weight is 704 g/mol. The Morgan fingerprint density at radius 1 is 0.293 bits per heavy atom. The van der Waals surface area contributed by atoms with Gasteiger partial charge in [0, 0.05) is 0 Å². The number of unbranched alkanes of at least 4 members (excludes halogenated alkanes) is 9. The van der Waals surface area contributed by atoms with Crippen LogP contribution >= 0.6 is 28.1 Å². The van der Waals surface area contributed by atoms with Gasteiger partial charge < -0.3 is 0 Å². The molecule has 5 heteroatoms. The minimum atomic E-state index is -1.68. The quantitative estimate of drug-likeness (QED) is 0.0653. The minimum absolute atomic E-state index is 1.38. The zero-order valence-electron chi connectivity index (χ0n) is 30.3. The first-order valence-electron chi connectivity index (χ1n) is 19.2. The van der Waals surface area contributed by atoms with Crippen molar-refractivity contribution >= 4 is 28.1 Å². The molecule has 0 aliphatic carbocycles. The molecule has 41 heavy (non-hydrogen) atoms. The van der Waals surface area contributed by atoms with Crippen molar-refractivity contribution in [3.05, 3.63) is 0 Å². The molecule has 0 saturated heterocycles. The summed E-state index contributed by atoms with van der Waals surface area (Å²) >= 11 is 0. The third-order valence-corrected chi connectivity index (χ3v) is 81.0. The second-order valence-electron chi connectivity index (χ2n) is 13.7. The molecule has 0 aromatic heterocycles. The van der Waals surface area contributed by atoms with Crippen molar-refractivity contribution in [3.63, 3.8) is 0 Å². The summed E-state index contributed by atoms with van der Waals surface area (Å²) in [6.07, 6.45) is 40.2. The maximum atomic E-state index is 9.52. The van der Waals surface area contributed by atoms with Crippen LogP contribution in [-0.2, 0) is 10.4 Å². The molecular formula is C36H84ClCoP3. The second-order valence-corrected chi connectivity index (χ2v) is 50.6. The van der Waals surface area contributed by atoms with Crippen molar-refractivity contribution in [2.45, 2.75) is 178 Å². The van der Waals surface area contributed by atoms with Gasteiger partial charge in [-0.15, -0.1) is 0 Å². The summed E-state index contributed by atoms with van der Waals surface area (Å²) in [6, 6.07) is 0. The van der Waals surface area contributed by atoms with Gasteiger partial charge in [-0.2, -0.15) is 0 Å². The molecule has 0 fully saturated rings. The van der Waals surface area contributed by atoms with E-state index in [-0.39, 0.29) is 0 Å². The van der Waals surface area contributed by atoms with Gasteiger partial charge in [-0.25, -0.2) is 0 Å². The molecule has 0 saturated carbocycles. The van der Waals surface area contributed by atoms with E-state index in [0.29, 0.717) is 0 Å². The zero-order chi connectivity index (χ0) is 31.1. The standard InChI is InChI=1S/3C12H27P.ClH.Co/c3*1-4-7-10-13(11-8-5-2)12-9-6-3;;/h3*4-12H2,1-3H3;1H;/q;;;;-2/p+2. The van der Waals surface area contributed by atoms with Crippen molar-refractivity contribution in [1.29, 1.82) is 0 Å². The SMILES string of the molecule is CCCC[PH](CCCC)(CCCC)[Co]([Cl])([PH](CCCC)(CCCC)CCCC)[PH](CCCC)(CCCC)CCCC. The predicted octanol–water partition coefficient (Wildman–Crippen LogP) is 14.5. The van der Waals surface area contributed by atoms with E-state index in [9.17, 15) is 10.1 Å². The number of halogens is 1. The summed E-state index contributed by atoms with van der Waals surface area (Å²) < 4.78 is 0. The number of rotatable bonds is 30. The number of hydrogen-bond acceptors (Lipinski definition) is 0. The molecular weight excluding hydrogens is 620 g/mol. The van der Waals surface area contributed by atoms with Crippen molar-refractivity contribution in [1.82, 2.24) is 0 Å². The molecule has 0 amide bonds. The van der Waals surface area contributed by atoms with Crippen LogP contribution in [0.2, 0.25) is 0 Å². The predicted molar refractivity (Wildman–Crippen MR) is 209 cm³/mol. The molecule has 0 spiro atoms. The Labute approximate surface area is 270 Å². The Kier molecular flexibility index (Phi) is 26.5. The first kappa shape index (κ1) is 43.1. The molecule has 0 aliphatic heterocycles. The van der Waals surface area contributed by atoms with Crippen molar-refractivity contribution < 1.29 is 10.4 Å². The van der Waals surface area contributed by atoms with E-state index >= 15 is 0 Å². The summed E-state index contributed by atoms with van der Waals surface area (Å²) in [5, 5.41) is 0. The van der Waals surface area contributed by atoms with Gasteiger partial charge in [-0.3, -0.25) is 0 Å². The second kappa shape index (κ2) is 25.2. The Morgan fingerprint density at radius 3 is 0.512 bits per heavy atom. The molecule has 0 aliphatic rings. The first-order chi connectivity index (χ1) is 19.8. The van der Waals surface area contributed by atoms with Crippen LogP contribution in [0.3, 0.4) is 0 Å². The molecule has 0 unspecified atom stereocenters. The summed E-state index contributed by atoms with van der Waals surface area (Å²) in [6.45, 7) is 22.4. The van der Waals surface area contributed by atoms with Crippen LogP contribution in [0, 0.1) is 0 Å². The van der Waals surface area contributed by atoms with Gasteiger partial charge in [-0.1, -0.05) is 0 Å². The van der Waals surface area contributed by atoms with Crippen LogP contribution in [0.4, 0.5) is 0 Å². The van der Waals surface area contributed by atoms with Gasteiger partial charge in [0.2, 0.25) is 0 Å². The molecule has 0 aromatic rings.